The number of hydrogen-bond donors (Lipinski definition) is 0. The summed E-state index contributed by atoms with van der Waals surface area (Å²) in [6, 6.07) is -0.134. The summed E-state index contributed by atoms with van der Waals surface area (Å²) in [5, 5.41) is 22.4. The molecule has 271 valence electrons. The van der Waals surface area contributed by atoms with E-state index in [1.54, 1.807) is 0 Å². The quantitative estimate of drug-likeness (QED) is 0.102. The molecule has 1 rings (SSSR count). The first-order chi connectivity index (χ1) is 20.5. The first-order valence-electron chi connectivity index (χ1n) is 11.5. The molecule has 0 heterocycles. The number of non-ortho nitro benzene ring substituents is 1. The maximum Gasteiger partial charge on any atom is 0.385 e. The van der Waals surface area contributed by atoms with E-state index in [-0.39, 0.29) is 12.1 Å². The Morgan fingerprint density at radius 3 is 1.32 bits per heavy atom. The van der Waals surface area contributed by atoms with Crippen molar-refractivity contribution >= 4 is 11.4 Å². The lowest BCUT2D eigenvalue weighted by molar-refractivity contribution is -0.464. The van der Waals surface area contributed by atoms with Crippen molar-refractivity contribution in [2.75, 3.05) is 0 Å². The highest BCUT2D eigenvalue weighted by molar-refractivity contribution is 5.59. The van der Waals surface area contributed by atoms with Crippen LogP contribution >= 0.6 is 0 Å². The molecule has 0 bridgehead atoms. The molecule has 0 aliphatic heterocycles. The third-order valence-corrected chi connectivity index (χ3v) is 6.53. The molecule has 1 unspecified atom stereocenters. The average molecular weight is 737 g/mol. The van der Waals surface area contributed by atoms with Crippen LogP contribution in [0.5, 0.6) is 0 Å². The van der Waals surface area contributed by atoms with Crippen LogP contribution in [0.2, 0.25) is 0 Å². The van der Waals surface area contributed by atoms with E-state index >= 15 is 0 Å². The third-order valence-electron chi connectivity index (χ3n) is 6.53. The highest BCUT2D eigenvalue weighted by atomic mass is 19.4. The van der Waals surface area contributed by atoms with Crippen LogP contribution in [0.4, 0.5) is 99.2 Å². The van der Waals surface area contributed by atoms with Crippen LogP contribution in [0.15, 0.2) is 12.1 Å². The van der Waals surface area contributed by atoms with E-state index in [0.717, 1.165) is 13.8 Å². The molecule has 0 N–H and O–H groups in total. The maximum absolute atomic E-state index is 14.7. The molecule has 0 saturated heterocycles. The molecule has 1 atom stereocenters. The van der Waals surface area contributed by atoms with Crippen molar-refractivity contribution < 1.29 is 97.7 Å². The highest BCUT2D eigenvalue weighted by Gasteiger charge is 2.96. The van der Waals surface area contributed by atoms with Crippen molar-refractivity contribution in [1.29, 1.82) is 0 Å². The second-order valence-electron chi connectivity index (χ2n) is 9.50. The Hall–Kier alpha value is -3.38. The van der Waals surface area contributed by atoms with Gasteiger partial charge in [-0.05, 0) is 17.9 Å². The normalized spacial score (nSPS) is 15.6. The maximum atomic E-state index is 14.7. The summed E-state index contributed by atoms with van der Waals surface area (Å²) >= 11 is 0. The molecular weight excluding hydrogens is 724 g/mol. The number of halogens is 20. The number of benzene rings is 1. The summed E-state index contributed by atoms with van der Waals surface area (Å²) in [7, 11) is 0. The second kappa shape index (κ2) is 11.9. The molecule has 0 amide bonds. The van der Waals surface area contributed by atoms with Gasteiger partial charge in [-0.2, -0.15) is 79.0 Å². The molecule has 0 saturated carbocycles. The van der Waals surface area contributed by atoms with Gasteiger partial charge in [0.25, 0.3) is 11.4 Å². The Morgan fingerprint density at radius 2 is 1.00 bits per heavy atom. The molecule has 1 aromatic rings. The number of nitro benzene ring substituents is 2. The monoisotopic (exact) mass is 737 g/mol. The lowest BCUT2D eigenvalue weighted by atomic mass is 9.83. The summed E-state index contributed by atoms with van der Waals surface area (Å²) < 4.78 is 274. The van der Waals surface area contributed by atoms with Crippen LogP contribution in [-0.4, -0.2) is 69.6 Å². The van der Waals surface area contributed by atoms with Gasteiger partial charge in [0.2, 0.25) is 0 Å². The minimum atomic E-state index is -9.21. The van der Waals surface area contributed by atoms with E-state index in [4.69, 9.17) is 0 Å². The van der Waals surface area contributed by atoms with Crippen LogP contribution in [0, 0.1) is 26.6 Å². The molecule has 26 heteroatoms. The smallest absolute Gasteiger partial charge is 0.258 e. The SMILES string of the molecule is CCC(C)c1cc([N+](=O)[O-])cc([N+](=O)[O-])c1[CH]C(F)(F)C(F)(F)C(F)(F)C(F)(F)C(F)(F)C(F)(F)C(F)(F)C(F)(F)C(F)(F)C(F)F. The fourth-order valence-corrected chi connectivity index (χ4v) is 3.50. The van der Waals surface area contributed by atoms with Crippen LogP contribution in [0.3, 0.4) is 0 Å². The van der Waals surface area contributed by atoms with Gasteiger partial charge in [0, 0.05) is 11.6 Å². The second-order valence-corrected chi connectivity index (χ2v) is 9.50. The lowest BCUT2D eigenvalue weighted by Gasteiger charge is -2.44. The minimum absolute atomic E-state index is 0.139. The largest absolute Gasteiger partial charge is 0.385 e. The number of alkyl halides is 20. The van der Waals surface area contributed by atoms with E-state index in [0.29, 0.717) is 0 Å². The van der Waals surface area contributed by atoms with E-state index in [9.17, 15) is 108 Å². The van der Waals surface area contributed by atoms with Crippen LogP contribution in [-0.2, 0) is 0 Å². The zero-order valence-corrected chi connectivity index (χ0v) is 22.2. The number of rotatable bonds is 15. The first-order valence-corrected chi connectivity index (χ1v) is 11.5. The predicted molar refractivity (Wildman–Crippen MR) is 112 cm³/mol. The summed E-state index contributed by atoms with van der Waals surface area (Å²) in [5.74, 6) is -78.7. The summed E-state index contributed by atoms with van der Waals surface area (Å²) in [6.45, 7) is 1.97. The summed E-state index contributed by atoms with van der Waals surface area (Å²) in [4.78, 5) is 19.1. The van der Waals surface area contributed by atoms with Crippen LogP contribution in [0.25, 0.3) is 0 Å². The Labute approximate surface area is 246 Å². The molecule has 0 fully saturated rings. The summed E-state index contributed by atoms with van der Waals surface area (Å²) in [6.07, 6.45) is -8.32. The number of nitro groups is 2. The van der Waals surface area contributed by atoms with Gasteiger partial charge in [-0.3, -0.25) is 20.2 Å². The van der Waals surface area contributed by atoms with Gasteiger partial charge in [0.15, 0.2) is 0 Å². The van der Waals surface area contributed by atoms with Gasteiger partial charge >= 0.3 is 59.7 Å². The van der Waals surface area contributed by atoms with Gasteiger partial charge in [-0.25, -0.2) is 8.78 Å². The van der Waals surface area contributed by atoms with Crippen molar-refractivity contribution in [3.8, 4) is 0 Å². The predicted octanol–water partition coefficient (Wildman–Crippen LogP) is 9.55. The van der Waals surface area contributed by atoms with E-state index in [2.05, 4.69) is 0 Å². The van der Waals surface area contributed by atoms with Crippen molar-refractivity contribution in [3.05, 3.63) is 49.9 Å². The molecule has 47 heavy (non-hydrogen) atoms. The third kappa shape index (κ3) is 5.85. The zero-order valence-electron chi connectivity index (χ0n) is 22.2. The molecule has 0 spiro atoms. The Kier molecular flexibility index (Phi) is 10.6. The van der Waals surface area contributed by atoms with Crippen molar-refractivity contribution in [1.82, 2.24) is 0 Å². The van der Waals surface area contributed by atoms with Crippen LogP contribution < -0.4 is 0 Å². The van der Waals surface area contributed by atoms with Gasteiger partial charge < -0.3 is 0 Å². The van der Waals surface area contributed by atoms with Gasteiger partial charge in [-0.1, -0.05) is 13.8 Å². The fraction of sp³-hybridized carbons (Fsp3) is 0.667. The molecule has 0 aromatic heterocycles. The van der Waals surface area contributed by atoms with Crippen LogP contribution in [0.1, 0.15) is 37.3 Å². The molecule has 6 nitrogen and oxygen atoms in total. The van der Waals surface area contributed by atoms with E-state index in [1.165, 1.54) is 0 Å². The van der Waals surface area contributed by atoms with E-state index < -0.39 is 111 Å². The van der Waals surface area contributed by atoms with Gasteiger partial charge in [0.05, 0.1) is 22.3 Å². The van der Waals surface area contributed by atoms with Crippen molar-refractivity contribution in [2.45, 2.75) is 85.9 Å². The van der Waals surface area contributed by atoms with Gasteiger partial charge in [0.1, 0.15) is 0 Å². The van der Waals surface area contributed by atoms with Crippen molar-refractivity contribution in [3.63, 3.8) is 0 Å². The molecule has 1 aromatic carbocycles. The lowest BCUT2D eigenvalue weighted by Crippen LogP contribution is -2.76. The topological polar surface area (TPSA) is 86.3 Å². The number of nitrogens with zero attached hydrogens (tertiary/aromatic N) is 2. The Bertz CT molecular complexity index is 1360. The molecule has 0 aliphatic carbocycles. The Balaban J connectivity index is 3.97. The minimum Gasteiger partial charge on any atom is -0.258 e. The molecule has 0 aliphatic rings. The van der Waals surface area contributed by atoms with Crippen molar-refractivity contribution in [2.24, 2.45) is 0 Å². The average Bonchev–Trinajstić information content (AvgIpc) is 2.90. The highest BCUT2D eigenvalue weighted by Crippen LogP contribution is 2.66. The van der Waals surface area contributed by atoms with E-state index in [1.807, 2.05) is 0 Å². The summed E-state index contributed by atoms with van der Waals surface area (Å²) in [5.41, 5.74) is -6.57. The Morgan fingerprint density at radius 1 is 0.638 bits per heavy atom. The first kappa shape index (κ1) is 41.6. The van der Waals surface area contributed by atoms with Gasteiger partial charge in [-0.15, -0.1) is 0 Å². The zero-order chi connectivity index (χ0) is 37.9. The number of hydrogen-bond acceptors (Lipinski definition) is 4. The molecular formula is C21H13F20N2O4. The standard InChI is InChI=1S/C21H13F20N2O4/c1-3-7(2)9-4-8(42(44)45)5-11(43(46)47)10(9)6-13(24,25)15(28,29)17(32,33)19(36,37)21(40,41)20(38,39)18(34,35)16(30,31)14(26,27)12(22)23/h4-7,12H,3H2,1-2H3. The molecule has 1 radical (unpaired) electrons. The fourth-order valence-electron chi connectivity index (χ4n) is 3.50.